The van der Waals surface area contributed by atoms with Gasteiger partial charge < -0.3 is 0 Å². The zero-order valence-electron chi connectivity index (χ0n) is 8.58. The third-order valence-corrected chi connectivity index (χ3v) is 3.02. The number of hydrogen-bond acceptors (Lipinski definition) is 1. The van der Waals surface area contributed by atoms with Gasteiger partial charge >= 0.3 is 0 Å². The summed E-state index contributed by atoms with van der Waals surface area (Å²) >= 11 is 3.18. The van der Waals surface area contributed by atoms with E-state index >= 15 is 0 Å². The van der Waals surface area contributed by atoms with Crippen LogP contribution in [0.5, 0.6) is 0 Å². The largest absolute Gasteiger partial charge is 0.298 e. The first-order valence-electron chi connectivity index (χ1n) is 4.82. The lowest BCUT2D eigenvalue weighted by Gasteiger charge is -2.06. The summed E-state index contributed by atoms with van der Waals surface area (Å²) in [6.07, 6.45) is 0.726. The van der Waals surface area contributed by atoms with Gasteiger partial charge in [-0.15, -0.1) is 0 Å². The van der Waals surface area contributed by atoms with Gasteiger partial charge in [0.25, 0.3) is 0 Å². The Morgan fingerprint density at radius 3 is 2.18 bits per heavy atom. The van der Waals surface area contributed by atoms with Crippen molar-refractivity contribution in [3.63, 3.8) is 0 Å². The average molecular weight is 297 g/mol. The molecule has 2 aromatic carbocycles. The molecule has 0 amide bonds. The molecule has 0 saturated carbocycles. The van der Waals surface area contributed by atoms with Crippen LogP contribution in [-0.4, -0.2) is 6.29 Å². The molecular formula is C13H7BrF2O. The van der Waals surface area contributed by atoms with Crippen molar-refractivity contribution in [2.75, 3.05) is 0 Å². The van der Waals surface area contributed by atoms with E-state index in [-0.39, 0.29) is 0 Å². The maximum atomic E-state index is 13.1. The molecule has 0 aliphatic rings. The van der Waals surface area contributed by atoms with Crippen LogP contribution in [0.15, 0.2) is 40.9 Å². The molecule has 0 aliphatic carbocycles. The van der Waals surface area contributed by atoms with Crippen LogP contribution < -0.4 is 0 Å². The number of aldehydes is 1. The molecule has 0 aliphatic heterocycles. The fraction of sp³-hybridized carbons (Fsp3) is 0. The molecule has 1 nitrogen and oxygen atoms in total. The van der Waals surface area contributed by atoms with E-state index in [1.54, 1.807) is 24.3 Å². The second kappa shape index (κ2) is 4.75. The molecule has 0 unspecified atom stereocenters. The van der Waals surface area contributed by atoms with Crippen LogP contribution in [-0.2, 0) is 0 Å². The monoisotopic (exact) mass is 296 g/mol. The van der Waals surface area contributed by atoms with Crippen molar-refractivity contribution in [3.8, 4) is 11.1 Å². The highest BCUT2D eigenvalue weighted by Crippen LogP contribution is 2.30. The third-order valence-electron chi connectivity index (χ3n) is 2.37. The first kappa shape index (κ1) is 11.9. The van der Waals surface area contributed by atoms with Crippen LogP contribution in [0, 0.1) is 11.6 Å². The standard InChI is InChI=1S/C13H7BrF2O/c14-11-6-13(16)12(15)5-10(11)9-3-1-8(7-17)2-4-9/h1-7H. The molecule has 4 heteroatoms. The van der Waals surface area contributed by atoms with E-state index in [9.17, 15) is 13.6 Å². The van der Waals surface area contributed by atoms with Gasteiger partial charge in [0.2, 0.25) is 0 Å². The molecule has 0 heterocycles. The maximum Gasteiger partial charge on any atom is 0.159 e. The van der Waals surface area contributed by atoms with Gasteiger partial charge in [0.15, 0.2) is 11.6 Å². The summed E-state index contributed by atoms with van der Waals surface area (Å²) < 4.78 is 26.5. The molecule has 17 heavy (non-hydrogen) atoms. The van der Waals surface area contributed by atoms with E-state index in [1.165, 1.54) is 0 Å². The molecule has 0 fully saturated rings. The molecule has 2 rings (SSSR count). The van der Waals surface area contributed by atoms with Crippen molar-refractivity contribution in [2.24, 2.45) is 0 Å². The maximum absolute atomic E-state index is 13.1. The summed E-state index contributed by atoms with van der Waals surface area (Å²) in [6, 6.07) is 8.81. The van der Waals surface area contributed by atoms with Crippen molar-refractivity contribution in [1.82, 2.24) is 0 Å². The van der Waals surface area contributed by atoms with Crippen molar-refractivity contribution < 1.29 is 13.6 Å². The van der Waals surface area contributed by atoms with Gasteiger partial charge in [-0.3, -0.25) is 4.79 Å². The fourth-order valence-corrected chi connectivity index (χ4v) is 2.03. The molecule has 0 spiro atoms. The number of carbonyl (C=O) groups excluding carboxylic acids is 1. The Labute approximate surface area is 105 Å². The van der Waals surface area contributed by atoms with E-state index in [2.05, 4.69) is 15.9 Å². The Balaban J connectivity index is 2.52. The van der Waals surface area contributed by atoms with E-state index in [0.29, 0.717) is 21.2 Å². The van der Waals surface area contributed by atoms with Crippen LogP contribution >= 0.6 is 15.9 Å². The van der Waals surface area contributed by atoms with E-state index < -0.39 is 11.6 Å². The van der Waals surface area contributed by atoms with Crippen molar-refractivity contribution in [2.45, 2.75) is 0 Å². The van der Waals surface area contributed by atoms with Gasteiger partial charge in [-0.05, 0) is 23.3 Å². The molecule has 2 aromatic rings. The Morgan fingerprint density at radius 2 is 1.59 bits per heavy atom. The Bertz CT molecular complexity index is 564. The molecule has 0 atom stereocenters. The highest BCUT2D eigenvalue weighted by atomic mass is 79.9. The van der Waals surface area contributed by atoms with E-state index in [4.69, 9.17) is 0 Å². The van der Waals surface area contributed by atoms with Crippen LogP contribution in [0.1, 0.15) is 10.4 Å². The summed E-state index contributed by atoms with van der Waals surface area (Å²) in [4.78, 5) is 10.5. The number of rotatable bonds is 2. The van der Waals surface area contributed by atoms with Crippen LogP contribution in [0.3, 0.4) is 0 Å². The van der Waals surface area contributed by atoms with Crippen molar-refractivity contribution in [3.05, 3.63) is 58.1 Å². The van der Waals surface area contributed by atoms with Gasteiger partial charge in [-0.1, -0.05) is 40.2 Å². The second-order valence-corrected chi connectivity index (χ2v) is 4.34. The summed E-state index contributed by atoms with van der Waals surface area (Å²) in [7, 11) is 0. The molecule has 0 radical (unpaired) electrons. The van der Waals surface area contributed by atoms with Gasteiger partial charge in [0, 0.05) is 10.0 Å². The van der Waals surface area contributed by atoms with Gasteiger partial charge in [-0.25, -0.2) is 8.78 Å². The summed E-state index contributed by atoms with van der Waals surface area (Å²) in [5.74, 6) is -1.80. The normalized spacial score (nSPS) is 10.3. The van der Waals surface area contributed by atoms with E-state index in [0.717, 1.165) is 18.4 Å². The number of hydrogen-bond donors (Lipinski definition) is 0. The number of benzene rings is 2. The summed E-state index contributed by atoms with van der Waals surface area (Å²) in [6.45, 7) is 0. The van der Waals surface area contributed by atoms with Crippen LogP contribution in [0.4, 0.5) is 8.78 Å². The summed E-state index contributed by atoms with van der Waals surface area (Å²) in [5, 5.41) is 0. The van der Waals surface area contributed by atoms with Crippen molar-refractivity contribution in [1.29, 1.82) is 0 Å². The van der Waals surface area contributed by atoms with Crippen LogP contribution in [0.25, 0.3) is 11.1 Å². The lowest BCUT2D eigenvalue weighted by molar-refractivity contribution is 0.112. The van der Waals surface area contributed by atoms with Crippen LogP contribution in [0.2, 0.25) is 0 Å². The minimum Gasteiger partial charge on any atom is -0.298 e. The first-order valence-corrected chi connectivity index (χ1v) is 5.61. The topological polar surface area (TPSA) is 17.1 Å². The smallest absolute Gasteiger partial charge is 0.159 e. The summed E-state index contributed by atoms with van der Waals surface area (Å²) in [5.41, 5.74) is 1.79. The molecule has 86 valence electrons. The highest BCUT2D eigenvalue weighted by molar-refractivity contribution is 9.10. The average Bonchev–Trinajstić information content (AvgIpc) is 2.34. The predicted octanol–water partition coefficient (Wildman–Crippen LogP) is 4.21. The SMILES string of the molecule is O=Cc1ccc(-c2cc(F)c(F)cc2Br)cc1. The molecule has 0 saturated heterocycles. The Kier molecular flexibility index (Phi) is 3.33. The fourth-order valence-electron chi connectivity index (χ4n) is 1.49. The highest BCUT2D eigenvalue weighted by Gasteiger charge is 2.09. The zero-order valence-corrected chi connectivity index (χ0v) is 10.2. The Morgan fingerprint density at radius 1 is 1.00 bits per heavy atom. The Hall–Kier alpha value is -1.55. The second-order valence-electron chi connectivity index (χ2n) is 3.49. The van der Waals surface area contributed by atoms with Gasteiger partial charge in [0.1, 0.15) is 6.29 Å². The van der Waals surface area contributed by atoms with Gasteiger partial charge in [0.05, 0.1) is 0 Å². The molecule has 0 aromatic heterocycles. The van der Waals surface area contributed by atoms with Crippen molar-refractivity contribution >= 4 is 22.2 Å². The minimum absolute atomic E-state index is 0.468. The van der Waals surface area contributed by atoms with E-state index in [1.807, 2.05) is 0 Å². The first-order chi connectivity index (χ1) is 8.11. The zero-order chi connectivity index (χ0) is 12.4. The molecule has 0 bridgehead atoms. The molecule has 0 N–H and O–H groups in total. The number of halogens is 3. The quantitative estimate of drug-likeness (QED) is 0.599. The predicted molar refractivity (Wildman–Crippen MR) is 64.9 cm³/mol. The number of carbonyl (C=O) groups is 1. The third kappa shape index (κ3) is 2.42. The molecular weight excluding hydrogens is 290 g/mol. The lowest BCUT2D eigenvalue weighted by atomic mass is 10.0. The lowest BCUT2D eigenvalue weighted by Crippen LogP contribution is -1.88. The van der Waals surface area contributed by atoms with Gasteiger partial charge in [-0.2, -0.15) is 0 Å². The minimum atomic E-state index is -0.900.